The number of benzene rings is 1. The third-order valence-corrected chi connectivity index (χ3v) is 2.07. The average molecular weight is 214 g/mol. The number of aliphatic hydroxyl groups is 1. The first-order chi connectivity index (χ1) is 6.74. The molecule has 0 aliphatic heterocycles. The second-order valence-electron chi connectivity index (χ2n) is 2.88. The predicted octanol–water partition coefficient (Wildman–Crippen LogP) is 1.02. The average Bonchev–Trinajstić information content (AvgIpc) is 2.26. The van der Waals surface area contributed by atoms with Crippen LogP contribution in [0.4, 0.5) is 0 Å². The van der Waals surface area contributed by atoms with Gasteiger partial charge in [0.15, 0.2) is 0 Å². The van der Waals surface area contributed by atoms with E-state index >= 15 is 0 Å². The van der Waals surface area contributed by atoms with Gasteiger partial charge in [0.25, 0.3) is 5.91 Å². The number of hydrogen-bond acceptors (Lipinski definition) is 2. The molecule has 1 unspecified atom stereocenters. The van der Waals surface area contributed by atoms with Crippen LogP contribution in [-0.2, 0) is 0 Å². The number of carbonyl (C=O) groups is 1. The SMILES string of the molecule is O=C(NCC(O)CCl)c1ccccc1. The Labute approximate surface area is 87.7 Å². The van der Waals surface area contributed by atoms with E-state index in [1.165, 1.54) is 0 Å². The van der Waals surface area contributed by atoms with Crippen LogP contribution in [0.25, 0.3) is 0 Å². The topological polar surface area (TPSA) is 49.3 Å². The van der Waals surface area contributed by atoms with Crippen LogP contribution < -0.4 is 5.32 Å². The number of amides is 1. The Morgan fingerprint density at radius 1 is 1.43 bits per heavy atom. The molecule has 0 aromatic heterocycles. The highest BCUT2D eigenvalue weighted by molar-refractivity contribution is 6.18. The van der Waals surface area contributed by atoms with Crippen molar-refractivity contribution in [3.63, 3.8) is 0 Å². The normalized spacial score (nSPS) is 12.1. The lowest BCUT2D eigenvalue weighted by Crippen LogP contribution is -2.32. The van der Waals surface area contributed by atoms with Crippen molar-refractivity contribution in [1.29, 1.82) is 0 Å². The summed E-state index contributed by atoms with van der Waals surface area (Å²) in [5.74, 6) is -0.0792. The Balaban J connectivity index is 2.44. The summed E-state index contributed by atoms with van der Waals surface area (Å²) in [7, 11) is 0. The molecule has 1 amide bonds. The van der Waals surface area contributed by atoms with E-state index in [9.17, 15) is 4.79 Å². The first-order valence-corrected chi connectivity index (χ1v) is 4.84. The van der Waals surface area contributed by atoms with Crippen LogP contribution in [-0.4, -0.2) is 29.5 Å². The third-order valence-electron chi connectivity index (χ3n) is 1.71. The third kappa shape index (κ3) is 3.36. The highest BCUT2D eigenvalue weighted by Crippen LogP contribution is 1.97. The molecule has 0 heterocycles. The van der Waals surface area contributed by atoms with Crippen molar-refractivity contribution in [1.82, 2.24) is 5.32 Å². The van der Waals surface area contributed by atoms with Crippen LogP contribution >= 0.6 is 11.6 Å². The largest absolute Gasteiger partial charge is 0.390 e. The highest BCUT2D eigenvalue weighted by atomic mass is 35.5. The number of alkyl halides is 1. The van der Waals surface area contributed by atoms with Crippen molar-refractivity contribution in [3.8, 4) is 0 Å². The summed E-state index contributed by atoms with van der Waals surface area (Å²) in [5.41, 5.74) is 0.578. The van der Waals surface area contributed by atoms with Gasteiger partial charge in [-0.3, -0.25) is 4.79 Å². The summed E-state index contributed by atoms with van der Waals surface area (Å²) in [5, 5.41) is 11.7. The van der Waals surface area contributed by atoms with Crippen molar-refractivity contribution < 1.29 is 9.90 Å². The van der Waals surface area contributed by atoms with Gasteiger partial charge in [-0.1, -0.05) is 18.2 Å². The van der Waals surface area contributed by atoms with E-state index in [4.69, 9.17) is 16.7 Å². The Morgan fingerprint density at radius 3 is 2.64 bits per heavy atom. The molecule has 4 heteroatoms. The minimum Gasteiger partial charge on any atom is -0.390 e. The summed E-state index contributed by atoms with van der Waals surface area (Å²) in [4.78, 5) is 11.4. The second-order valence-corrected chi connectivity index (χ2v) is 3.19. The number of nitrogens with one attached hydrogen (secondary N) is 1. The summed E-state index contributed by atoms with van der Waals surface area (Å²) in [6.07, 6.45) is -0.690. The van der Waals surface area contributed by atoms with E-state index in [2.05, 4.69) is 5.32 Å². The molecule has 0 fully saturated rings. The summed E-state index contributed by atoms with van der Waals surface area (Å²) in [6.45, 7) is 0.178. The van der Waals surface area contributed by atoms with Crippen LogP contribution in [0.2, 0.25) is 0 Å². The van der Waals surface area contributed by atoms with Crippen molar-refractivity contribution in [2.24, 2.45) is 0 Å². The van der Waals surface area contributed by atoms with Gasteiger partial charge in [0.2, 0.25) is 0 Å². The van der Waals surface area contributed by atoms with Gasteiger partial charge in [0.05, 0.1) is 12.0 Å². The van der Waals surface area contributed by atoms with E-state index in [0.717, 1.165) is 0 Å². The van der Waals surface area contributed by atoms with E-state index in [-0.39, 0.29) is 18.3 Å². The van der Waals surface area contributed by atoms with Crippen LogP contribution in [0.1, 0.15) is 10.4 Å². The molecule has 76 valence electrons. The molecule has 0 aliphatic carbocycles. The maximum Gasteiger partial charge on any atom is 0.251 e. The fourth-order valence-corrected chi connectivity index (χ4v) is 1.07. The van der Waals surface area contributed by atoms with Crippen LogP contribution in [0, 0.1) is 0 Å². The summed E-state index contributed by atoms with van der Waals surface area (Å²) < 4.78 is 0. The smallest absolute Gasteiger partial charge is 0.251 e. The highest BCUT2D eigenvalue weighted by Gasteiger charge is 2.06. The van der Waals surface area contributed by atoms with Crippen molar-refractivity contribution in [2.75, 3.05) is 12.4 Å². The van der Waals surface area contributed by atoms with E-state index in [1.807, 2.05) is 6.07 Å². The molecule has 0 spiro atoms. The van der Waals surface area contributed by atoms with Crippen molar-refractivity contribution in [2.45, 2.75) is 6.10 Å². The van der Waals surface area contributed by atoms with Gasteiger partial charge in [0.1, 0.15) is 0 Å². The molecule has 0 aliphatic rings. The molecular weight excluding hydrogens is 202 g/mol. The molecular formula is C10H12ClNO2. The lowest BCUT2D eigenvalue weighted by molar-refractivity contribution is 0.0925. The quantitative estimate of drug-likeness (QED) is 0.734. The zero-order valence-electron chi connectivity index (χ0n) is 7.61. The molecule has 3 nitrogen and oxygen atoms in total. The molecule has 1 aromatic rings. The van der Waals surface area contributed by atoms with Gasteiger partial charge in [-0.05, 0) is 12.1 Å². The molecule has 0 saturated heterocycles. The van der Waals surface area contributed by atoms with Gasteiger partial charge >= 0.3 is 0 Å². The number of carbonyl (C=O) groups excluding carboxylic acids is 1. The Bertz CT molecular complexity index is 289. The van der Waals surface area contributed by atoms with Crippen molar-refractivity contribution >= 4 is 17.5 Å². The second kappa shape index (κ2) is 5.62. The maximum absolute atomic E-state index is 11.4. The van der Waals surface area contributed by atoms with E-state index in [1.54, 1.807) is 24.3 Å². The monoisotopic (exact) mass is 213 g/mol. The van der Waals surface area contributed by atoms with Gasteiger partial charge in [-0.15, -0.1) is 11.6 Å². The van der Waals surface area contributed by atoms with E-state index < -0.39 is 6.10 Å². The molecule has 2 N–H and O–H groups in total. The number of aliphatic hydroxyl groups excluding tert-OH is 1. The minimum absolute atomic E-state index is 0.120. The molecule has 1 atom stereocenters. The van der Waals surface area contributed by atoms with Crippen LogP contribution in [0.3, 0.4) is 0 Å². The first kappa shape index (κ1) is 11.0. The van der Waals surface area contributed by atoms with Gasteiger partial charge in [0, 0.05) is 12.1 Å². The molecule has 1 aromatic carbocycles. The van der Waals surface area contributed by atoms with Crippen molar-refractivity contribution in [3.05, 3.63) is 35.9 Å². The minimum atomic E-state index is -0.690. The van der Waals surface area contributed by atoms with Gasteiger partial charge in [-0.25, -0.2) is 0 Å². The molecule has 0 saturated carbocycles. The Morgan fingerprint density at radius 2 is 2.07 bits per heavy atom. The van der Waals surface area contributed by atoms with Crippen LogP contribution in [0.5, 0.6) is 0 Å². The summed E-state index contributed by atoms with van der Waals surface area (Å²) in [6, 6.07) is 8.83. The van der Waals surface area contributed by atoms with Gasteiger partial charge in [-0.2, -0.15) is 0 Å². The predicted molar refractivity (Wildman–Crippen MR) is 55.5 cm³/mol. The first-order valence-electron chi connectivity index (χ1n) is 4.31. The molecule has 1 rings (SSSR count). The standard InChI is InChI=1S/C10H12ClNO2/c11-6-9(13)7-12-10(14)8-4-2-1-3-5-8/h1-5,9,13H,6-7H2,(H,12,14). The molecule has 14 heavy (non-hydrogen) atoms. The van der Waals surface area contributed by atoms with Gasteiger partial charge < -0.3 is 10.4 Å². The lowest BCUT2D eigenvalue weighted by atomic mass is 10.2. The Hall–Kier alpha value is -1.06. The zero-order valence-corrected chi connectivity index (χ0v) is 8.37. The molecule has 0 bridgehead atoms. The fourth-order valence-electron chi connectivity index (χ4n) is 0.957. The maximum atomic E-state index is 11.4. The van der Waals surface area contributed by atoms with Crippen LogP contribution in [0.15, 0.2) is 30.3 Å². The molecule has 0 radical (unpaired) electrons. The van der Waals surface area contributed by atoms with E-state index in [0.29, 0.717) is 5.56 Å². The fraction of sp³-hybridized carbons (Fsp3) is 0.300. The number of hydrogen-bond donors (Lipinski definition) is 2. The summed E-state index contributed by atoms with van der Waals surface area (Å²) >= 11 is 5.38. The zero-order chi connectivity index (χ0) is 10.4. The number of rotatable bonds is 4. The Kier molecular flexibility index (Phi) is 4.43. The lowest BCUT2D eigenvalue weighted by Gasteiger charge is -2.08. The number of halogens is 1.